The number of aromatic nitrogens is 2. The van der Waals surface area contributed by atoms with Crippen LogP contribution in [0, 0.1) is 0 Å². The van der Waals surface area contributed by atoms with Gasteiger partial charge in [-0.25, -0.2) is 4.98 Å². The summed E-state index contributed by atoms with van der Waals surface area (Å²) in [6.45, 7) is 0. The van der Waals surface area contributed by atoms with Gasteiger partial charge in [0.15, 0.2) is 0 Å². The monoisotopic (exact) mass is 318 g/mol. The predicted octanol–water partition coefficient (Wildman–Crippen LogP) is 4.69. The van der Waals surface area contributed by atoms with Crippen molar-refractivity contribution in [1.82, 2.24) is 9.55 Å². The first-order chi connectivity index (χ1) is 11.8. The molecule has 1 aliphatic rings. The van der Waals surface area contributed by atoms with Crippen LogP contribution in [-0.2, 0) is 0 Å². The van der Waals surface area contributed by atoms with E-state index >= 15 is 0 Å². The van der Waals surface area contributed by atoms with E-state index in [1.807, 2.05) is 36.4 Å². The molecule has 0 radical (unpaired) electrons. The van der Waals surface area contributed by atoms with Crippen LogP contribution in [0.15, 0.2) is 66.9 Å². The summed E-state index contributed by atoms with van der Waals surface area (Å²) in [4.78, 5) is 4.91. The fourth-order valence-electron chi connectivity index (χ4n) is 3.61. The summed E-state index contributed by atoms with van der Waals surface area (Å²) in [6.07, 6.45) is 5.96. The lowest BCUT2D eigenvalue weighted by Gasteiger charge is -2.29. The Bertz CT molecular complexity index is 795. The highest BCUT2D eigenvalue weighted by Crippen LogP contribution is 2.34. The van der Waals surface area contributed by atoms with Crippen LogP contribution in [0.4, 0.5) is 0 Å². The number of hydrogen-bond acceptors (Lipinski definition) is 2. The van der Waals surface area contributed by atoms with Crippen molar-refractivity contribution in [3.8, 4) is 22.6 Å². The molecule has 0 aliphatic heterocycles. The van der Waals surface area contributed by atoms with Gasteiger partial charge in [0.25, 0.3) is 0 Å². The second-order valence-electron chi connectivity index (χ2n) is 6.51. The smallest absolute Gasteiger partial charge is 0.141 e. The van der Waals surface area contributed by atoms with E-state index in [1.54, 1.807) is 0 Å². The molecule has 1 saturated carbocycles. The summed E-state index contributed by atoms with van der Waals surface area (Å²) in [6, 6.07) is 20.6. The molecule has 3 aromatic rings. The van der Waals surface area contributed by atoms with Crippen LogP contribution in [0.25, 0.3) is 22.6 Å². The maximum absolute atomic E-state index is 10.5. The summed E-state index contributed by atoms with van der Waals surface area (Å²) in [7, 11) is 0. The van der Waals surface area contributed by atoms with Gasteiger partial charge in [-0.3, -0.25) is 0 Å². The lowest BCUT2D eigenvalue weighted by Crippen LogP contribution is -2.27. The van der Waals surface area contributed by atoms with Gasteiger partial charge in [0, 0.05) is 17.3 Å². The van der Waals surface area contributed by atoms with Gasteiger partial charge in [0.05, 0.1) is 17.8 Å². The summed E-state index contributed by atoms with van der Waals surface area (Å²) in [5.41, 5.74) is 3.17. The Balaban J connectivity index is 1.82. The maximum Gasteiger partial charge on any atom is 0.141 e. The van der Waals surface area contributed by atoms with Crippen LogP contribution in [0.2, 0.25) is 0 Å². The molecule has 1 aliphatic carbocycles. The van der Waals surface area contributed by atoms with Gasteiger partial charge < -0.3 is 9.67 Å². The van der Waals surface area contributed by atoms with Crippen LogP contribution in [0.3, 0.4) is 0 Å². The molecule has 4 rings (SSSR count). The van der Waals surface area contributed by atoms with Crippen LogP contribution in [0.1, 0.15) is 31.7 Å². The minimum atomic E-state index is -0.293. The SMILES string of the molecule is O[C@H]1CCCC[C@H]1n1cc(-c2ccccc2)nc1-c1ccccc1. The normalized spacial score (nSPS) is 20.9. The van der Waals surface area contributed by atoms with Gasteiger partial charge in [-0.05, 0) is 12.8 Å². The highest BCUT2D eigenvalue weighted by atomic mass is 16.3. The van der Waals surface area contributed by atoms with Crippen molar-refractivity contribution in [1.29, 1.82) is 0 Å². The van der Waals surface area contributed by atoms with Gasteiger partial charge in [-0.15, -0.1) is 0 Å². The Morgan fingerprint density at radius 3 is 2.12 bits per heavy atom. The molecule has 1 fully saturated rings. The molecule has 122 valence electrons. The largest absolute Gasteiger partial charge is 0.391 e. The first kappa shape index (κ1) is 15.2. The third-order valence-electron chi connectivity index (χ3n) is 4.89. The quantitative estimate of drug-likeness (QED) is 0.760. The maximum atomic E-state index is 10.5. The van der Waals surface area contributed by atoms with Crippen LogP contribution in [-0.4, -0.2) is 20.8 Å². The minimum Gasteiger partial charge on any atom is -0.391 e. The highest BCUT2D eigenvalue weighted by molar-refractivity contribution is 5.65. The third-order valence-corrected chi connectivity index (χ3v) is 4.89. The second kappa shape index (κ2) is 6.62. The molecule has 3 heteroatoms. The van der Waals surface area contributed by atoms with Crippen LogP contribution < -0.4 is 0 Å². The van der Waals surface area contributed by atoms with Crippen molar-refractivity contribution in [3.63, 3.8) is 0 Å². The lowest BCUT2D eigenvalue weighted by atomic mass is 9.92. The number of nitrogens with zero attached hydrogens (tertiary/aromatic N) is 2. The fraction of sp³-hybridized carbons (Fsp3) is 0.286. The molecule has 0 amide bonds. The molecule has 0 saturated heterocycles. The summed E-state index contributed by atoms with van der Waals surface area (Å²) < 4.78 is 2.20. The van der Waals surface area contributed by atoms with E-state index in [0.717, 1.165) is 48.3 Å². The topological polar surface area (TPSA) is 38.0 Å². The van der Waals surface area contributed by atoms with Crippen molar-refractivity contribution in [3.05, 3.63) is 66.9 Å². The zero-order chi connectivity index (χ0) is 16.4. The zero-order valence-corrected chi connectivity index (χ0v) is 13.7. The molecular weight excluding hydrogens is 296 g/mol. The van der Waals surface area contributed by atoms with E-state index in [2.05, 4.69) is 35.0 Å². The lowest BCUT2D eigenvalue weighted by molar-refractivity contribution is 0.0762. The Morgan fingerprint density at radius 1 is 0.833 bits per heavy atom. The third kappa shape index (κ3) is 2.87. The molecule has 2 aromatic carbocycles. The molecule has 1 N–H and O–H groups in total. The molecule has 1 aromatic heterocycles. The first-order valence-electron chi connectivity index (χ1n) is 8.71. The highest BCUT2D eigenvalue weighted by Gasteiger charge is 2.27. The summed E-state index contributed by atoms with van der Waals surface area (Å²) >= 11 is 0. The van der Waals surface area contributed by atoms with E-state index in [9.17, 15) is 5.11 Å². The van der Waals surface area contributed by atoms with Gasteiger partial charge in [-0.2, -0.15) is 0 Å². The number of benzene rings is 2. The van der Waals surface area contributed by atoms with E-state index < -0.39 is 0 Å². The molecular formula is C21H22N2O. The van der Waals surface area contributed by atoms with Crippen LogP contribution >= 0.6 is 0 Å². The molecule has 3 nitrogen and oxygen atoms in total. The number of imidazole rings is 1. The molecule has 0 spiro atoms. The molecule has 2 atom stereocenters. The van der Waals surface area contributed by atoms with Crippen molar-refractivity contribution in [2.24, 2.45) is 0 Å². The van der Waals surface area contributed by atoms with E-state index in [1.165, 1.54) is 0 Å². The second-order valence-corrected chi connectivity index (χ2v) is 6.51. The van der Waals surface area contributed by atoms with Crippen molar-refractivity contribution in [2.75, 3.05) is 0 Å². The zero-order valence-electron chi connectivity index (χ0n) is 13.7. The van der Waals surface area contributed by atoms with Crippen LogP contribution in [0.5, 0.6) is 0 Å². The molecule has 1 heterocycles. The average molecular weight is 318 g/mol. The van der Waals surface area contributed by atoms with E-state index in [4.69, 9.17) is 4.98 Å². The fourth-order valence-corrected chi connectivity index (χ4v) is 3.61. The number of hydrogen-bond donors (Lipinski definition) is 1. The van der Waals surface area contributed by atoms with Gasteiger partial charge in [-0.1, -0.05) is 73.5 Å². The van der Waals surface area contributed by atoms with Gasteiger partial charge in [0.1, 0.15) is 5.82 Å². The summed E-state index contributed by atoms with van der Waals surface area (Å²) in [5, 5.41) is 10.5. The van der Waals surface area contributed by atoms with E-state index in [-0.39, 0.29) is 12.1 Å². The Kier molecular flexibility index (Phi) is 4.18. The van der Waals surface area contributed by atoms with Crippen molar-refractivity contribution >= 4 is 0 Å². The molecule has 24 heavy (non-hydrogen) atoms. The van der Waals surface area contributed by atoms with Crippen molar-refractivity contribution in [2.45, 2.75) is 37.8 Å². The first-order valence-corrected chi connectivity index (χ1v) is 8.71. The molecule has 0 bridgehead atoms. The molecule has 0 unspecified atom stereocenters. The Labute approximate surface area is 142 Å². The Morgan fingerprint density at radius 2 is 1.46 bits per heavy atom. The Hall–Kier alpha value is -2.39. The van der Waals surface area contributed by atoms with Gasteiger partial charge >= 0.3 is 0 Å². The average Bonchev–Trinajstić information content (AvgIpc) is 3.09. The predicted molar refractivity (Wildman–Crippen MR) is 96.6 cm³/mol. The number of aliphatic hydroxyl groups is 1. The van der Waals surface area contributed by atoms with E-state index in [0.29, 0.717) is 0 Å². The number of rotatable bonds is 3. The summed E-state index contributed by atoms with van der Waals surface area (Å²) in [5.74, 6) is 0.945. The minimum absolute atomic E-state index is 0.110. The van der Waals surface area contributed by atoms with Crippen molar-refractivity contribution < 1.29 is 5.11 Å². The standard InChI is InChI=1S/C21H22N2O/c24-20-14-8-7-13-19(20)23-15-18(16-9-3-1-4-10-16)22-21(23)17-11-5-2-6-12-17/h1-6,9-12,15,19-20,24H,7-8,13-14H2/t19-,20+/m1/s1. The van der Waals surface area contributed by atoms with Gasteiger partial charge in [0.2, 0.25) is 0 Å². The number of aliphatic hydroxyl groups excluding tert-OH is 1.